The molecule has 0 amide bonds. The van der Waals surface area contributed by atoms with E-state index < -0.39 is 15.4 Å². The zero-order valence-electron chi connectivity index (χ0n) is 19.2. The lowest BCUT2D eigenvalue weighted by Gasteiger charge is -2.14. The van der Waals surface area contributed by atoms with E-state index in [1.807, 2.05) is 41.8 Å². The van der Waals surface area contributed by atoms with Crippen LogP contribution in [0.3, 0.4) is 0 Å². The van der Waals surface area contributed by atoms with Gasteiger partial charge in [-0.3, -0.25) is 4.57 Å². The Morgan fingerprint density at radius 3 is 2.24 bits per heavy atom. The topological polar surface area (TPSA) is 72.2 Å². The fraction of sp³-hybridized carbons (Fsp3) is 0.192. The molecule has 0 fully saturated rings. The summed E-state index contributed by atoms with van der Waals surface area (Å²) in [5, 5.41) is 11.6. The lowest BCUT2D eigenvalue weighted by atomic mass is 10.0. The van der Waals surface area contributed by atoms with Gasteiger partial charge in [0.1, 0.15) is 11.4 Å². The van der Waals surface area contributed by atoms with Crippen LogP contribution in [0.1, 0.15) is 25.1 Å². The van der Waals surface area contributed by atoms with E-state index in [0.29, 0.717) is 27.3 Å². The number of benzene rings is 3. The number of nitrogens with zero attached hydrogens (tertiary/aromatic N) is 2. The first kappa shape index (κ1) is 24.5. The fourth-order valence-electron chi connectivity index (χ4n) is 3.74. The van der Waals surface area contributed by atoms with Gasteiger partial charge in [0, 0.05) is 18.0 Å². The van der Waals surface area contributed by atoms with Crippen molar-refractivity contribution < 1.29 is 13.5 Å². The van der Waals surface area contributed by atoms with E-state index in [9.17, 15) is 13.5 Å². The molecule has 0 spiro atoms. The molecule has 4 rings (SSSR count). The van der Waals surface area contributed by atoms with Crippen molar-refractivity contribution in [2.24, 2.45) is 0 Å². The lowest BCUT2D eigenvalue weighted by Crippen LogP contribution is -2.15. The van der Waals surface area contributed by atoms with E-state index in [2.05, 4.69) is 0 Å². The van der Waals surface area contributed by atoms with Gasteiger partial charge in [-0.05, 0) is 67.8 Å². The summed E-state index contributed by atoms with van der Waals surface area (Å²) in [6, 6.07) is 17.9. The first-order chi connectivity index (χ1) is 15.9. The van der Waals surface area contributed by atoms with Gasteiger partial charge >= 0.3 is 0 Å². The Hall–Kier alpha value is -2.64. The number of aromatic nitrogens is 2. The van der Waals surface area contributed by atoms with E-state index in [-0.39, 0.29) is 4.90 Å². The molecule has 1 aromatic heterocycles. The van der Waals surface area contributed by atoms with Crippen molar-refractivity contribution in [1.82, 2.24) is 9.55 Å². The van der Waals surface area contributed by atoms with Crippen LogP contribution in [0.15, 0.2) is 71.8 Å². The number of imidazole rings is 1. The average Bonchev–Trinajstić information content (AvgIpc) is 3.18. The molecule has 1 N–H and O–H groups in total. The van der Waals surface area contributed by atoms with Crippen molar-refractivity contribution in [3.8, 4) is 28.2 Å². The molecule has 5 nitrogen and oxygen atoms in total. The second-order valence-electron chi connectivity index (χ2n) is 8.78. The maximum absolute atomic E-state index is 12.0. The molecule has 0 unspecified atom stereocenters. The molecular formula is C26H24Cl2N2O3S. The SMILES string of the molecule is Cc1cccc(Cl)c1-c1nc(C(C)(C)O)cn1-c1ccc(-c2cccc(S(C)(=O)=O)c2)cc1Cl. The molecule has 8 heteroatoms. The van der Waals surface area contributed by atoms with E-state index in [1.165, 1.54) is 6.26 Å². The number of hydrogen-bond donors (Lipinski definition) is 1. The summed E-state index contributed by atoms with van der Waals surface area (Å²) < 4.78 is 25.8. The van der Waals surface area contributed by atoms with Gasteiger partial charge in [-0.2, -0.15) is 0 Å². The maximum atomic E-state index is 12.0. The quantitative estimate of drug-likeness (QED) is 0.332. The van der Waals surface area contributed by atoms with Crippen molar-refractivity contribution in [1.29, 1.82) is 0 Å². The summed E-state index contributed by atoms with van der Waals surface area (Å²) >= 11 is 13.3. The van der Waals surface area contributed by atoms with Crippen LogP contribution < -0.4 is 0 Å². The number of hydrogen-bond acceptors (Lipinski definition) is 4. The van der Waals surface area contributed by atoms with E-state index >= 15 is 0 Å². The molecule has 1 heterocycles. The van der Waals surface area contributed by atoms with Crippen LogP contribution in [0.5, 0.6) is 0 Å². The predicted molar refractivity (Wildman–Crippen MR) is 138 cm³/mol. The largest absolute Gasteiger partial charge is 0.384 e. The minimum Gasteiger partial charge on any atom is -0.384 e. The summed E-state index contributed by atoms with van der Waals surface area (Å²) in [6.45, 7) is 5.29. The second kappa shape index (κ2) is 8.86. The fourth-order valence-corrected chi connectivity index (χ4v) is 4.98. The molecule has 0 saturated heterocycles. The molecule has 0 atom stereocenters. The molecule has 4 aromatic rings. The number of sulfone groups is 1. The average molecular weight is 515 g/mol. The van der Waals surface area contributed by atoms with Crippen LogP contribution in [0, 0.1) is 6.92 Å². The van der Waals surface area contributed by atoms with Crippen molar-refractivity contribution in [3.05, 3.63) is 88.2 Å². The van der Waals surface area contributed by atoms with Crippen molar-refractivity contribution in [3.63, 3.8) is 0 Å². The smallest absolute Gasteiger partial charge is 0.175 e. The lowest BCUT2D eigenvalue weighted by molar-refractivity contribution is 0.0743. The maximum Gasteiger partial charge on any atom is 0.175 e. The van der Waals surface area contributed by atoms with Crippen LogP contribution >= 0.6 is 23.2 Å². The van der Waals surface area contributed by atoms with Gasteiger partial charge in [0.25, 0.3) is 0 Å². The summed E-state index contributed by atoms with van der Waals surface area (Å²) in [7, 11) is -3.33. The molecule has 0 aliphatic carbocycles. The van der Waals surface area contributed by atoms with Crippen LogP contribution in [-0.2, 0) is 15.4 Å². The van der Waals surface area contributed by atoms with Gasteiger partial charge in [0.05, 0.1) is 26.3 Å². The second-order valence-corrected chi connectivity index (χ2v) is 11.6. The first-order valence-electron chi connectivity index (χ1n) is 10.5. The van der Waals surface area contributed by atoms with Crippen LogP contribution in [0.2, 0.25) is 10.0 Å². The van der Waals surface area contributed by atoms with Gasteiger partial charge in [0.15, 0.2) is 9.84 Å². The van der Waals surface area contributed by atoms with Gasteiger partial charge in [-0.1, -0.05) is 53.5 Å². The Kier molecular flexibility index (Phi) is 6.38. The normalized spacial score (nSPS) is 12.2. The minimum absolute atomic E-state index is 0.242. The summed E-state index contributed by atoms with van der Waals surface area (Å²) in [5.74, 6) is 0.564. The zero-order chi connectivity index (χ0) is 24.8. The molecule has 34 heavy (non-hydrogen) atoms. The Labute approximate surface area is 209 Å². The highest BCUT2D eigenvalue weighted by Crippen LogP contribution is 2.37. The van der Waals surface area contributed by atoms with Crippen LogP contribution in [-0.4, -0.2) is 29.3 Å². The predicted octanol–water partition coefficient (Wildman–Crippen LogP) is 6.45. The molecule has 0 aliphatic heterocycles. The van der Waals surface area contributed by atoms with Gasteiger partial charge in [0.2, 0.25) is 0 Å². The minimum atomic E-state index is -3.33. The van der Waals surface area contributed by atoms with Crippen molar-refractivity contribution in [2.45, 2.75) is 31.3 Å². The molecule has 0 saturated carbocycles. The van der Waals surface area contributed by atoms with Crippen molar-refractivity contribution in [2.75, 3.05) is 6.26 Å². The van der Waals surface area contributed by atoms with Gasteiger partial charge < -0.3 is 5.11 Å². The monoisotopic (exact) mass is 514 g/mol. The molecule has 0 aliphatic rings. The third-order valence-electron chi connectivity index (χ3n) is 5.58. The molecule has 176 valence electrons. The standard InChI is InChI=1S/C26H24Cl2N2O3S/c1-16-7-5-10-20(27)24(16)25-29-23(26(2,3)31)15-30(25)22-12-11-18(14-21(22)28)17-8-6-9-19(13-17)34(4,32)33/h5-15,31H,1-4H3. The molecule has 3 aromatic carbocycles. The van der Waals surface area contributed by atoms with E-state index in [0.717, 1.165) is 22.3 Å². The van der Waals surface area contributed by atoms with Crippen LogP contribution in [0.4, 0.5) is 0 Å². The molecular weight excluding hydrogens is 491 g/mol. The van der Waals surface area contributed by atoms with E-state index in [1.54, 1.807) is 50.4 Å². The number of aliphatic hydroxyl groups is 1. The van der Waals surface area contributed by atoms with Gasteiger partial charge in [-0.25, -0.2) is 13.4 Å². The Bertz CT molecular complexity index is 1480. The Morgan fingerprint density at radius 2 is 1.62 bits per heavy atom. The van der Waals surface area contributed by atoms with Crippen molar-refractivity contribution >= 4 is 33.0 Å². The zero-order valence-corrected chi connectivity index (χ0v) is 21.5. The highest BCUT2D eigenvalue weighted by Gasteiger charge is 2.25. The Morgan fingerprint density at radius 1 is 0.941 bits per heavy atom. The first-order valence-corrected chi connectivity index (χ1v) is 13.2. The third-order valence-corrected chi connectivity index (χ3v) is 7.31. The number of rotatable bonds is 5. The molecule has 0 radical (unpaired) electrons. The highest BCUT2D eigenvalue weighted by molar-refractivity contribution is 7.90. The summed E-state index contributed by atoms with van der Waals surface area (Å²) in [6.07, 6.45) is 2.93. The third kappa shape index (κ3) is 4.77. The highest BCUT2D eigenvalue weighted by atomic mass is 35.5. The van der Waals surface area contributed by atoms with Crippen LogP contribution in [0.25, 0.3) is 28.2 Å². The number of aryl methyl sites for hydroxylation is 1. The summed E-state index contributed by atoms with van der Waals surface area (Å²) in [5.41, 5.74) is 3.16. The molecule has 0 bridgehead atoms. The Balaban J connectivity index is 1.88. The summed E-state index contributed by atoms with van der Waals surface area (Å²) in [4.78, 5) is 4.96. The number of halogens is 2. The van der Waals surface area contributed by atoms with E-state index in [4.69, 9.17) is 28.2 Å². The van der Waals surface area contributed by atoms with Gasteiger partial charge in [-0.15, -0.1) is 0 Å².